The van der Waals surface area contributed by atoms with Gasteiger partial charge in [-0.15, -0.1) is 0 Å². The zero-order valence-corrected chi connectivity index (χ0v) is 40.0. The minimum atomic E-state index is -0.180. The molecule has 0 saturated heterocycles. The number of aromatic nitrogens is 3. The number of para-hydroxylation sites is 1. The van der Waals surface area contributed by atoms with Crippen molar-refractivity contribution in [2.24, 2.45) is 0 Å². The van der Waals surface area contributed by atoms with Gasteiger partial charge in [0.1, 0.15) is 11.2 Å². The molecule has 1 aliphatic rings. The molecule has 0 unspecified atom stereocenters. The van der Waals surface area contributed by atoms with Gasteiger partial charge in [-0.05, 0) is 140 Å². The maximum Gasteiger partial charge on any atom is 0.235 e. The molecule has 0 fully saturated rings. The summed E-state index contributed by atoms with van der Waals surface area (Å²) < 4.78 is 8.97. The van der Waals surface area contributed by atoms with Gasteiger partial charge < -0.3 is 4.42 Å². The van der Waals surface area contributed by atoms with Gasteiger partial charge in [-0.25, -0.2) is 9.97 Å². The third-order valence-corrected chi connectivity index (χ3v) is 15.3. The molecule has 0 radical (unpaired) electrons. The van der Waals surface area contributed by atoms with E-state index in [2.05, 4.69) is 245 Å². The zero-order valence-electron chi connectivity index (χ0n) is 40.0. The molecular formula is C67H47N3O. The molecule has 1 aliphatic carbocycles. The molecule has 3 heterocycles. The van der Waals surface area contributed by atoms with Crippen molar-refractivity contribution in [2.45, 2.75) is 33.1 Å². The van der Waals surface area contributed by atoms with E-state index in [4.69, 9.17) is 14.4 Å². The quantitative estimate of drug-likeness (QED) is 0.167. The van der Waals surface area contributed by atoms with Gasteiger partial charge in [0.25, 0.3) is 0 Å². The molecule has 0 spiro atoms. The lowest BCUT2D eigenvalue weighted by Gasteiger charge is -2.21. The summed E-state index contributed by atoms with van der Waals surface area (Å²) in [5.74, 6) is 0.640. The van der Waals surface area contributed by atoms with Crippen LogP contribution in [0.2, 0.25) is 0 Å². The monoisotopic (exact) mass is 909 g/mol. The van der Waals surface area contributed by atoms with Crippen molar-refractivity contribution in [2.75, 3.05) is 0 Å². The summed E-state index contributed by atoms with van der Waals surface area (Å²) in [5, 5.41) is 5.53. The number of hydrogen-bond acceptors (Lipinski definition) is 3. The van der Waals surface area contributed by atoms with Gasteiger partial charge in [0, 0.05) is 37.9 Å². The fraction of sp³-hybridized carbons (Fsp3) is 0.0746. The van der Waals surface area contributed by atoms with E-state index in [0.29, 0.717) is 5.95 Å². The molecule has 4 heteroatoms. The molecule has 0 amide bonds. The van der Waals surface area contributed by atoms with Gasteiger partial charge in [-0.2, -0.15) is 0 Å². The summed E-state index contributed by atoms with van der Waals surface area (Å²) in [6.07, 6.45) is 0. The van der Waals surface area contributed by atoms with Crippen LogP contribution in [0.5, 0.6) is 0 Å². The molecule has 0 saturated carbocycles. The molecule has 14 rings (SSSR count). The van der Waals surface area contributed by atoms with E-state index >= 15 is 0 Å². The van der Waals surface area contributed by atoms with Gasteiger partial charge in [0.15, 0.2) is 0 Å². The van der Waals surface area contributed by atoms with Crippen molar-refractivity contribution in [3.63, 3.8) is 0 Å². The molecule has 0 bridgehead atoms. The smallest absolute Gasteiger partial charge is 0.235 e. The van der Waals surface area contributed by atoms with Crippen LogP contribution in [0.4, 0.5) is 0 Å². The minimum absolute atomic E-state index is 0.180. The average Bonchev–Trinajstić information content (AvgIpc) is 4.02. The summed E-state index contributed by atoms with van der Waals surface area (Å²) in [5.41, 5.74) is 23.7. The van der Waals surface area contributed by atoms with Gasteiger partial charge in [0.05, 0.1) is 22.2 Å². The molecule has 10 aromatic carbocycles. The van der Waals surface area contributed by atoms with Crippen LogP contribution in [0.1, 0.15) is 36.1 Å². The Morgan fingerprint density at radius 2 is 1.03 bits per heavy atom. The zero-order chi connectivity index (χ0) is 47.5. The highest BCUT2D eigenvalue weighted by Crippen LogP contribution is 2.52. The highest BCUT2D eigenvalue weighted by atomic mass is 16.3. The normalized spacial score (nSPS) is 12.9. The molecular weight excluding hydrogens is 863 g/mol. The highest BCUT2D eigenvalue weighted by molar-refractivity contribution is 6.16. The first-order valence-corrected chi connectivity index (χ1v) is 24.6. The Morgan fingerprint density at radius 1 is 0.394 bits per heavy atom. The van der Waals surface area contributed by atoms with Crippen molar-refractivity contribution < 1.29 is 4.42 Å². The molecule has 4 nitrogen and oxygen atoms in total. The number of rotatable bonds is 6. The predicted octanol–water partition coefficient (Wildman–Crippen LogP) is 17.9. The van der Waals surface area contributed by atoms with Crippen molar-refractivity contribution in [3.05, 3.63) is 235 Å². The Kier molecular flexibility index (Phi) is 9.03. The lowest BCUT2D eigenvalue weighted by atomic mass is 9.82. The van der Waals surface area contributed by atoms with Gasteiger partial charge in [-0.1, -0.05) is 178 Å². The number of fused-ring (bicyclic) bond motifs is 10. The van der Waals surface area contributed by atoms with Gasteiger partial charge >= 0.3 is 0 Å². The first kappa shape index (κ1) is 41.1. The van der Waals surface area contributed by atoms with E-state index in [9.17, 15) is 0 Å². The molecule has 0 atom stereocenters. The number of aryl methyl sites for hydroxylation is 2. The van der Waals surface area contributed by atoms with Crippen LogP contribution in [0.25, 0.3) is 127 Å². The second-order valence-electron chi connectivity index (χ2n) is 19.8. The van der Waals surface area contributed by atoms with Crippen LogP contribution in [-0.4, -0.2) is 14.5 Å². The Bertz CT molecular complexity index is 4320. The van der Waals surface area contributed by atoms with Crippen molar-refractivity contribution in [1.29, 1.82) is 0 Å². The summed E-state index contributed by atoms with van der Waals surface area (Å²) >= 11 is 0. The van der Waals surface area contributed by atoms with Crippen molar-refractivity contribution in [3.8, 4) is 72.8 Å². The van der Waals surface area contributed by atoms with E-state index in [0.717, 1.165) is 77.2 Å². The van der Waals surface area contributed by atoms with Crippen molar-refractivity contribution in [1.82, 2.24) is 14.5 Å². The second kappa shape index (κ2) is 15.6. The molecule has 3 aromatic heterocycles. The van der Waals surface area contributed by atoms with Crippen molar-refractivity contribution >= 4 is 54.6 Å². The summed E-state index contributed by atoms with van der Waals surface area (Å²) in [4.78, 5) is 10.9. The van der Waals surface area contributed by atoms with E-state index in [1.54, 1.807) is 0 Å². The molecule has 0 N–H and O–H groups in total. The van der Waals surface area contributed by atoms with E-state index in [-0.39, 0.29) is 5.41 Å². The lowest BCUT2D eigenvalue weighted by molar-refractivity contribution is 0.661. The second-order valence-corrected chi connectivity index (χ2v) is 19.8. The fourth-order valence-electron chi connectivity index (χ4n) is 11.8. The summed E-state index contributed by atoms with van der Waals surface area (Å²) in [6.45, 7) is 9.13. The fourth-order valence-corrected chi connectivity index (χ4v) is 11.8. The van der Waals surface area contributed by atoms with Crippen LogP contribution in [0.15, 0.2) is 217 Å². The van der Waals surface area contributed by atoms with E-state index in [1.807, 2.05) is 0 Å². The highest BCUT2D eigenvalue weighted by Gasteiger charge is 2.36. The number of nitrogens with zero attached hydrogens (tertiary/aromatic N) is 3. The molecule has 336 valence electrons. The Balaban J connectivity index is 0.990. The Hall–Kier alpha value is -8.86. The Morgan fingerprint density at radius 3 is 1.89 bits per heavy atom. The number of benzene rings is 10. The van der Waals surface area contributed by atoms with Gasteiger partial charge in [0.2, 0.25) is 5.95 Å². The average molecular weight is 910 g/mol. The van der Waals surface area contributed by atoms with E-state index < -0.39 is 0 Å². The largest absolute Gasteiger partial charge is 0.456 e. The molecule has 0 aliphatic heterocycles. The molecule has 71 heavy (non-hydrogen) atoms. The van der Waals surface area contributed by atoms with Crippen LogP contribution >= 0.6 is 0 Å². The van der Waals surface area contributed by atoms with Gasteiger partial charge in [-0.3, -0.25) is 4.57 Å². The van der Waals surface area contributed by atoms with Crippen LogP contribution < -0.4 is 0 Å². The van der Waals surface area contributed by atoms with Crippen LogP contribution in [-0.2, 0) is 5.41 Å². The standard InChI is InChI=1S/C67H47N3O/c1-40-16-8-9-20-47(40)63-41(2)17-14-23-48(63)46-33-35-61-55(37-46)64-49(24-15-27-62(64)71-61)45-32-34-59-53(36-45)54-38-57-52(50-21-10-12-25-56(50)67(57,3)4)39-60(54)70(59)66-68-58-26-13-11-22-51(58)65(69-66)44-30-28-43(29-31-44)42-18-6-5-7-19-42/h5-39H,1-4H3. The first-order chi connectivity index (χ1) is 34.8. The third kappa shape index (κ3) is 6.31. The topological polar surface area (TPSA) is 43.9 Å². The van der Waals surface area contributed by atoms with Crippen LogP contribution in [0, 0.1) is 13.8 Å². The van der Waals surface area contributed by atoms with E-state index in [1.165, 1.54) is 66.6 Å². The van der Waals surface area contributed by atoms with Crippen LogP contribution in [0.3, 0.4) is 0 Å². The number of furan rings is 1. The summed E-state index contributed by atoms with van der Waals surface area (Å²) in [7, 11) is 0. The number of hydrogen-bond donors (Lipinski definition) is 0. The predicted molar refractivity (Wildman–Crippen MR) is 295 cm³/mol. The maximum absolute atomic E-state index is 6.68. The summed E-state index contributed by atoms with van der Waals surface area (Å²) in [6, 6.07) is 76.8. The lowest BCUT2D eigenvalue weighted by Crippen LogP contribution is -2.14. The molecule has 13 aromatic rings. The minimum Gasteiger partial charge on any atom is -0.456 e. The SMILES string of the molecule is Cc1ccccc1-c1c(C)cccc1-c1ccc2oc3cccc(-c4ccc5c(c4)c4cc6c(cc4n5-c4nc(-c5ccc(-c7ccccc7)cc5)c5ccccc5n4)-c4ccccc4C6(C)C)c3c2c1. The first-order valence-electron chi connectivity index (χ1n) is 24.6. The Labute approximate surface area is 412 Å². The maximum atomic E-state index is 6.68. The third-order valence-electron chi connectivity index (χ3n) is 15.3.